The van der Waals surface area contributed by atoms with Crippen LogP contribution in [0.5, 0.6) is 0 Å². The van der Waals surface area contributed by atoms with E-state index in [0.717, 1.165) is 50.0 Å². The molecule has 2 saturated heterocycles. The van der Waals surface area contributed by atoms with Gasteiger partial charge in [-0.3, -0.25) is 24.0 Å². The maximum Gasteiger partial charge on any atom is 0.329 e. The van der Waals surface area contributed by atoms with Gasteiger partial charge in [0, 0.05) is 38.0 Å². The van der Waals surface area contributed by atoms with Gasteiger partial charge in [0.05, 0.1) is 11.0 Å². The minimum Gasteiger partial charge on any atom is -0.328 e. The molecule has 2 aliphatic rings. The zero-order valence-corrected chi connectivity index (χ0v) is 17.2. The highest BCUT2D eigenvalue weighted by molar-refractivity contribution is 6.00. The van der Waals surface area contributed by atoms with Gasteiger partial charge in [-0.2, -0.15) is 0 Å². The van der Waals surface area contributed by atoms with Crippen LogP contribution in [0.3, 0.4) is 0 Å². The first-order chi connectivity index (χ1) is 14.4. The third kappa shape index (κ3) is 4.04. The molecule has 4 rings (SSSR count). The minimum atomic E-state index is -0.673. The number of hydrogen-bond acceptors (Lipinski definition) is 5. The average Bonchev–Trinajstić information content (AvgIpc) is 2.97. The number of likely N-dealkylation sites (tertiary alicyclic amines) is 1. The number of aryl methyl sites for hydroxylation is 1. The molecule has 0 aliphatic carbocycles. The topological polar surface area (TPSA) is 102 Å². The summed E-state index contributed by atoms with van der Waals surface area (Å²) in [6, 6.07) is 5.24. The highest BCUT2D eigenvalue weighted by Gasteiger charge is 2.31. The number of aromatic nitrogens is 2. The molecular weight excluding hydrogens is 382 g/mol. The van der Waals surface area contributed by atoms with Gasteiger partial charge >= 0.3 is 5.69 Å². The number of imide groups is 1. The molecule has 2 aromatic rings. The van der Waals surface area contributed by atoms with Crippen molar-refractivity contribution in [3.8, 4) is 11.8 Å². The number of carbonyl (C=O) groups is 2. The summed E-state index contributed by atoms with van der Waals surface area (Å²) in [5, 5.41) is 2.32. The second-order valence-corrected chi connectivity index (χ2v) is 8.11. The zero-order valence-electron chi connectivity index (χ0n) is 17.2. The molecule has 3 N–H and O–H groups in total. The second kappa shape index (κ2) is 8.46. The van der Waals surface area contributed by atoms with Crippen LogP contribution >= 0.6 is 0 Å². The van der Waals surface area contributed by atoms with Crippen LogP contribution in [-0.4, -0.2) is 51.5 Å². The van der Waals surface area contributed by atoms with Crippen molar-refractivity contribution in [3.05, 3.63) is 34.2 Å². The number of fused-ring (bicyclic) bond motifs is 1. The number of piperidine rings is 2. The van der Waals surface area contributed by atoms with E-state index < -0.39 is 11.9 Å². The number of hydrogen-bond donors (Lipinski definition) is 2. The Labute approximate surface area is 175 Å². The van der Waals surface area contributed by atoms with E-state index in [4.69, 9.17) is 5.73 Å². The summed E-state index contributed by atoms with van der Waals surface area (Å²) in [5.74, 6) is 5.68. The van der Waals surface area contributed by atoms with E-state index in [9.17, 15) is 14.4 Å². The van der Waals surface area contributed by atoms with Crippen molar-refractivity contribution < 1.29 is 9.59 Å². The standard InChI is InChI=1S/C22H27N5O3/c1-25-19-14-15(4-2-3-11-26-12-9-16(23)10-13-26)5-6-17(19)27(22(25)30)18-7-8-20(28)24-21(18)29/h5-6,14,16,18H,3,7-13,23H2,1H3,(H,24,28,29). The van der Waals surface area contributed by atoms with Crippen molar-refractivity contribution in [2.75, 3.05) is 19.6 Å². The molecular formula is C22H27N5O3. The maximum absolute atomic E-state index is 12.8. The Kier molecular flexibility index (Phi) is 5.75. The van der Waals surface area contributed by atoms with Gasteiger partial charge in [-0.15, -0.1) is 0 Å². The van der Waals surface area contributed by atoms with Gasteiger partial charge in [0.2, 0.25) is 11.8 Å². The van der Waals surface area contributed by atoms with Crippen LogP contribution in [0.1, 0.15) is 43.7 Å². The lowest BCUT2D eigenvalue weighted by Crippen LogP contribution is -2.44. The predicted octanol–water partition coefficient (Wildman–Crippen LogP) is 0.482. The Hall–Kier alpha value is -2.89. The van der Waals surface area contributed by atoms with Crippen LogP contribution in [0.2, 0.25) is 0 Å². The molecule has 2 fully saturated rings. The Morgan fingerprint density at radius 2 is 1.90 bits per heavy atom. The number of imidazole rings is 1. The number of carbonyl (C=O) groups excluding carboxylic acids is 2. The predicted molar refractivity (Wildman–Crippen MR) is 114 cm³/mol. The molecule has 8 heteroatoms. The van der Waals surface area contributed by atoms with Crippen molar-refractivity contribution in [1.29, 1.82) is 0 Å². The summed E-state index contributed by atoms with van der Waals surface area (Å²) in [6.45, 7) is 3.00. The first-order valence-corrected chi connectivity index (χ1v) is 10.5. The van der Waals surface area contributed by atoms with Crippen LogP contribution in [0, 0.1) is 11.8 Å². The van der Waals surface area contributed by atoms with Gasteiger partial charge in [-0.1, -0.05) is 11.8 Å². The van der Waals surface area contributed by atoms with E-state index in [0.29, 0.717) is 18.0 Å². The van der Waals surface area contributed by atoms with E-state index in [2.05, 4.69) is 22.1 Å². The zero-order chi connectivity index (χ0) is 21.3. The minimum absolute atomic E-state index is 0.228. The summed E-state index contributed by atoms with van der Waals surface area (Å²) in [6.07, 6.45) is 3.42. The van der Waals surface area contributed by atoms with E-state index in [1.54, 1.807) is 7.05 Å². The number of rotatable bonds is 3. The van der Waals surface area contributed by atoms with E-state index in [1.807, 2.05) is 18.2 Å². The number of nitrogens with zero attached hydrogens (tertiary/aromatic N) is 3. The highest BCUT2D eigenvalue weighted by Crippen LogP contribution is 2.23. The lowest BCUT2D eigenvalue weighted by atomic mass is 10.1. The van der Waals surface area contributed by atoms with Crippen LogP contribution < -0.4 is 16.7 Å². The van der Waals surface area contributed by atoms with Crippen LogP contribution in [-0.2, 0) is 16.6 Å². The number of amides is 2. The molecule has 1 unspecified atom stereocenters. The fourth-order valence-corrected chi connectivity index (χ4v) is 4.23. The maximum atomic E-state index is 12.8. The van der Waals surface area contributed by atoms with E-state index in [1.165, 1.54) is 9.13 Å². The molecule has 0 spiro atoms. The van der Waals surface area contributed by atoms with E-state index >= 15 is 0 Å². The molecule has 0 saturated carbocycles. The van der Waals surface area contributed by atoms with Crippen LogP contribution in [0.15, 0.2) is 23.0 Å². The summed E-state index contributed by atoms with van der Waals surface area (Å²) in [5.41, 5.74) is 7.90. The van der Waals surface area contributed by atoms with Crippen molar-refractivity contribution in [2.45, 2.75) is 44.2 Å². The smallest absolute Gasteiger partial charge is 0.328 e. The first kappa shape index (κ1) is 20.4. The molecule has 0 radical (unpaired) electrons. The van der Waals surface area contributed by atoms with E-state index in [-0.39, 0.29) is 18.0 Å². The van der Waals surface area contributed by atoms with Crippen LogP contribution in [0.4, 0.5) is 0 Å². The number of benzene rings is 1. The summed E-state index contributed by atoms with van der Waals surface area (Å²) in [4.78, 5) is 38.9. The van der Waals surface area contributed by atoms with Crippen molar-refractivity contribution in [3.63, 3.8) is 0 Å². The van der Waals surface area contributed by atoms with Crippen molar-refractivity contribution in [2.24, 2.45) is 12.8 Å². The van der Waals surface area contributed by atoms with Gasteiger partial charge in [-0.25, -0.2) is 4.79 Å². The lowest BCUT2D eigenvalue weighted by molar-refractivity contribution is -0.135. The van der Waals surface area contributed by atoms with Gasteiger partial charge in [0.15, 0.2) is 0 Å². The third-order valence-corrected chi connectivity index (χ3v) is 6.03. The number of nitrogens with one attached hydrogen (secondary N) is 1. The Morgan fingerprint density at radius 1 is 1.13 bits per heavy atom. The molecule has 1 aromatic heterocycles. The van der Waals surface area contributed by atoms with Crippen LogP contribution in [0.25, 0.3) is 11.0 Å². The molecule has 158 valence electrons. The summed E-state index contributed by atoms with van der Waals surface area (Å²) >= 11 is 0. The molecule has 2 aliphatic heterocycles. The quantitative estimate of drug-likeness (QED) is 0.567. The first-order valence-electron chi connectivity index (χ1n) is 10.5. The normalized spacial score (nSPS) is 20.8. The molecule has 2 amide bonds. The second-order valence-electron chi connectivity index (χ2n) is 8.11. The highest BCUT2D eigenvalue weighted by atomic mass is 16.2. The SMILES string of the molecule is Cn1c(=O)n(C2CCC(=O)NC2=O)c2ccc(C#CCCN3CCC(N)CC3)cc21. The summed E-state index contributed by atoms with van der Waals surface area (Å²) in [7, 11) is 1.69. The largest absolute Gasteiger partial charge is 0.329 e. The Balaban J connectivity index is 1.51. The molecule has 30 heavy (non-hydrogen) atoms. The Bertz CT molecular complexity index is 1100. The van der Waals surface area contributed by atoms with Crippen molar-refractivity contribution >= 4 is 22.8 Å². The third-order valence-electron chi connectivity index (χ3n) is 6.03. The summed E-state index contributed by atoms with van der Waals surface area (Å²) < 4.78 is 3.01. The molecule has 1 atom stereocenters. The monoisotopic (exact) mass is 409 g/mol. The number of nitrogens with two attached hydrogens (primary N) is 1. The Morgan fingerprint density at radius 3 is 2.63 bits per heavy atom. The lowest BCUT2D eigenvalue weighted by Gasteiger charge is -2.29. The molecule has 3 heterocycles. The molecule has 1 aromatic carbocycles. The fraction of sp³-hybridized carbons (Fsp3) is 0.500. The van der Waals surface area contributed by atoms with Gasteiger partial charge in [-0.05, 0) is 50.6 Å². The van der Waals surface area contributed by atoms with Crippen molar-refractivity contribution in [1.82, 2.24) is 19.4 Å². The van der Waals surface area contributed by atoms with Gasteiger partial charge in [0.25, 0.3) is 0 Å². The molecule has 0 bridgehead atoms. The fourth-order valence-electron chi connectivity index (χ4n) is 4.23. The van der Waals surface area contributed by atoms with Gasteiger partial charge in [0.1, 0.15) is 6.04 Å². The molecule has 8 nitrogen and oxygen atoms in total. The average molecular weight is 409 g/mol. The van der Waals surface area contributed by atoms with Gasteiger partial charge < -0.3 is 10.6 Å².